The molecule has 0 aromatic heterocycles. The third-order valence-corrected chi connectivity index (χ3v) is 8.20. The Morgan fingerprint density at radius 1 is 0.943 bits per heavy atom. The van der Waals surface area contributed by atoms with E-state index in [2.05, 4.69) is 17.6 Å². The Balaban J connectivity index is 1.40. The molecular formula is C29H50N2O3S. The van der Waals surface area contributed by atoms with Gasteiger partial charge in [-0.05, 0) is 18.6 Å². The largest absolute Gasteiger partial charge is 0.507 e. The molecule has 1 aliphatic heterocycles. The molecule has 1 saturated heterocycles. The van der Waals surface area contributed by atoms with Crippen molar-refractivity contribution < 1.29 is 14.6 Å². The van der Waals surface area contributed by atoms with E-state index in [1.807, 2.05) is 12.1 Å². The molecule has 0 radical (unpaired) electrons. The number of phenols is 1. The molecule has 1 aromatic rings. The second-order valence-corrected chi connectivity index (χ2v) is 11.1. The summed E-state index contributed by atoms with van der Waals surface area (Å²) in [6.07, 6.45) is 21.7. The van der Waals surface area contributed by atoms with Gasteiger partial charge in [0.1, 0.15) is 11.5 Å². The fourth-order valence-electron chi connectivity index (χ4n) is 4.68. The van der Waals surface area contributed by atoms with Gasteiger partial charge in [0.05, 0.1) is 18.5 Å². The second-order valence-electron chi connectivity index (χ2n) is 9.95. The van der Waals surface area contributed by atoms with E-state index in [9.17, 15) is 9.90 Å². The number of thioether (sulfide) groups is 1. The molecule has 0 spiro atoms. The molecule has 1 aromatic carbocycles. The summed E-state index contributed by atoms with van der Waals surface area (Å²) in [6.45, 7) is 3.03. The summed E-state index contributed by atoms with van der Waals surface area (Å²) in [7, 11) is 1.58. The molecule has 2 rings (SSSR count). The highest BCUT2D eigenvalue weighted by atomic mass is 32.2. The summed E-state index contributed by atoms with van der Waals surface area (Å²) in [5.74, 6) is 1.60. The number of phenolic OH excluding ortho intramolecular Hbond substituents is 1. The number of methoxy groups -OCH3 is 1. The van der Waals surface area contributed by atoms with Gasteiger partial charge in [0.25, 0.3) is 0 Å². The van der Waals surface area contributed by atoms with Gasteiger partial charge < -0.3 is 15.2 Å². The maximum absolute atomic E-state index is 12.5. The smallest absolute Gasteiger partial charge is 0.238 e. The lowest BCUT2D eigenvalue weighted by Gasteiger charge is -2.15. The first-order valence-corrected chi connectivity index (χ1v) is 15.2. The average molecular weight is 507 g/mol. The molecule has 2 atom stereocenters. The van der Waals surface area contributed by atoms with Crippen LogP contribution in [-0.2, 0) is 4.79 Å². The minimum Gasteiger partial charge on any atom is -0.507 e. The monoisotopic (exact) mass is 506 g/mol. The Morgan fingerprint density at radius 3 is 2.00 bits per heavy atom. The highest BCUT2D eigenvalue weighted by Gasteiger charge is 2.31. The molecule has 1 heterocycles. The highest BCUT2D eigenvalue weighted by Crippen LogP contribution is 2.38. The van der Waals surface area contributed by atoms with Gasteiger partial charge in [-0.3, -0.25) is 10.1 Å². The standard InChI is InChI=1S/C29H50N2O3S/c1-3-4-5-6-7-8-9-10-11-12-13-14-15-16-17-18-21-30-28(33)26-23-35-29(31-26)25-20-19-24(34-2)22-27(25)32/h19-20,22,26,29,31-32H,3-18,21,23H2,1-2H3,(H,30,33)/t26-,29?/m1/s1. The van der Waals surface area contributed by atoms with Crippen molar-refractivity contribution in [1.82, 2.24) is 10.6 Å². The molecule has 1 unspecified atom stereocenters. The Kier molecular flexibility index (Phi) is 16.0. The van der Waals surface area contributed by atoms with Crippen molar-refractivity contribution >= 4 is 17.7 Å². The normalized spacial score (nSPS) is 17.5. The molecule has 1 aliphatic rings. The zero-order valence-electron chi connectivity index (χ0n) is 22.3. The van der Waals surface area contributed by atoms with Gasteiger partial charge in [-0.25, -0.2) is 0 Å². The van der Waals surface area contributed by atoms with Crippen LogP contribution in [0.5, 0.6) is 11.5 Å². The molecule has 1 fully saturated rings. The van der Waals surface area contributed by atoms with E-state index in [1.165, 1.54) is 96.3 Å². The van der Waals surface area contributed by atoms with Crippen LogP contribution in [0.2, 0.25) is 0 Å². The van der Waals surface area contributed by atoms with Crippen LogP contribution in [0.15, 0.2) is 18.2 Å². The zero-order valence-corrected chi connectivity index (χ0v) is 23.1. The van der Waals surface area contributed by atoms with Crippen LogP contribution in [0.4, 0.5) is 0 Å². The Hall–Kier alpha value is -1.40. The molecule has 35 heavy (non-hydrogen) atoms. The molecule has 0 aliphatic carbocycles. The number of nitrogens with one attached hydrogen (secondary N) is 2. The number of carbonyl (C=O) groups is 1. The average Bonchev–Trinajstić information content (AvgIpc) is 3.36. The highest BCUT2D eigenvalue weighted by molar-refractivity contribution is 7.99. The van der Waals surface area contributed by atoms with Gasteiger partial charge in [0.2, 0.25) is 5.91 Å². The minimum atomic E-state index is -0.215. The second kappa shape index (κ2) is 18.8. The molecule has 1 amide bonds. The van der Waals surface area contributed by atoms with Gasteiger partial charge in [0, 0.05) is 23.9 Å². The number of unbranched alkanes of at least 4 members (excludes halogenated alkanes) is 15. The first-order valence-electron chi connectivity index (χ1n) is 14.2. The molecule has 3 N–H and O–H groups in total. The summed E-state index contributed by atoms with van der Waals surface area (Å²) < 4.78 is 5.15. The van der Waals surface area contributed by atoms with Crippen molar-refractivity contribution in [3.63, 3.8) is 0 Å². The van der Waals surface area contributed by atoms with Crippen molar-refractivity contribution in [1.29, 1.82) is 0 Å². The van der Waals surface area contributed by atoms with Crippen LogP contribution in [0.3, 0.4) is 0 Å². The fourth-order valence-corrected chi connectivity index (χ4v) is 5.95. The lowest BCUT2D eigenvalue weighted by atomic mass is 10.0. The fraction of sp³-hybridized carbons (Fsp3) is 0.759. The van der Waals surface area contributed by atoms with Gasteiger partial charge >= 0.3 is 0 Å². The Labute approximate surface area is 218 Å². The molecule has 0 bridgehead atoms. The maximum atomic E-state index is 12.5. The molecule has 6 heteroatoms. The number of hydrogen-bond acceptors (Lipinski definition) is 5. The van der Waals surface area contributed by atoms with Gasteiger partial charge in [-0.1, -0.05) is 103 Å². The van der Waals surface area contributed by atoms with E-state index in [0.29, 0.717) is 11.5 Å². The third-order valence-electron chi connectivity index (χ3n) is 6.95. The predicted molar refractivity (Wildman–Crippen MR) is 149 cm³/mol. The van der Waals surface area contributed by atoms with E-state index in [4.69, 9.17) is 4.74 Å². The SMILES string of the molecule is CCCCCCCCCCCCCCCCCCNC(=O)[C@H]1CSC(c2ccc(OC)cc2O)N1. The van der Waals surface area contributed by atoms with Crippen LogP contribution < -0.4 is 15.4 Å². The number of amides is 1. The van der Waals surface area contributed by atoms with Crippen molar-refractivity contribution in [2.24, 2.45) is 0 Å². The number of hydrogen-bond donors (Lipinski definition) is 3. The zero-order chi connectivity index (χ0) is 25.1. The number of carbonyl (C=O) groups excluding carboxylic acids is 1. The lowest BCUT2D eigenvalue weighted by molar-refractivity contribution is -0.122. The van der Waals surface area contributed by atoms with Gasteiger partial charge in [-0.15, -0.1) is 11.8 Å². The maximum Gasteiger partial charge on any atom is 0.238 e. The minimum absolute atomic E-state index is 0.0639. The van der Waals surface area contributed by atoms with Crippen LogP contribution in [0.1, 0.15) is 121 Å². The lowest BCUT2D eigenvalue weighted by Crippen LogP contribution is -2.42. The van der Waals surface area contributed by atoms with E-state index >= 15 is 0 Å². The molecule has 5 nitrogen and oxygen atoms in total. The van der Waals surface area contributed by atoms with Crippen molar-refractivity contribution in [2.45, 2.75) is 121 Å². The van der Waals surface area contributed by atoms with E-state index in [1.54, 1.807) is 24.9 Å². The quantitative estimate of drug-likeness (QED) is 0.160. The first-order chi connectivity index (χ1) is 17.2. The number of rotatable bonds is 20. The van der Waals surface area contributed by atoms with Crippen LogP contribution in [-0.4, -0.2) is 36.5 Å². The summed E-state index contributed by atoms with van der Waals surface area (Å²) in [5.41, 5.74) is 0.795. The summed E-state index contributed by atoms with van der Waals surface area (Å²) in [4.78, 5) is 12.5. The summed E-state index contributed by atoms with van der Waals surface area (Å²) in [6, 6.07) is 5.09. The van der Waals surface area contributed by atoms with Crippen LogP contribution in [0.25, 0.3) is 0 Å². The van der Waals surface area contributed by atoms with E-state index in [-0.39, 0.29) is 23.1 Å². The van der Waals surface area contributed by atoms with Gasteiger partial charge in [-0.2, -0.15) is 0 Å². The number of aromatic hydroxyl groups is 1. The molecular weight excluding hydrogens is 456 g/mol. The molecule has 0 saturated carbocycles. The van der Waals surface area contributed by atoms with Crippen molar-refractivity contribution in [3.8, 4) is 11.5 Å². The van der Waals surface area contributed by atoms with Crippen molar-refractivity contribution in [2.75, 3.05) is 19.4 Å². The summed E-state index contributed by atoms with van der Waals surface area (Å²) in [5, 5.41) is 16.6. The topological polar surface area (TPSA) is 70.6 Å². The third kappa shape index (κ3) is 12.4. The van der Waals surface area contributed by atoms with Crippen LogP contribution in [0, 0.1) is 0 Å². The summed E-state index contributed by atoms with van der Waals surface area (Å²) >= 11 is 1.65. The first kappa shape index (κ1) is 29.8. The number of ether oxygens (including phenoxy) is 1. The van der Waals surface area contributed by atoms with E-state index < -0.39 is 0 Å². The molecule has 200 valence electrons. The van der Waals surface area contributed by atoms with Crippen molar-refractivity contribution in [3.05, 3.63) is 23.8 Å². The Morgan fingerprint density at radius 2 is 1.49 bits per heavy atom. The van der Waals surface area contributed by atoms with E-state index in [0.717, 1.165) is 18.5 Å². The Bertz CT molecular complexity index is 701. The predicted octanol–water partition coefficient (Wildman–Crippen LogP) is 7.48. The number of benzene rings is 1. The van der Waals surface area contributed by atoms with Crippen LogP contribution >= 0.6 is 11.8 Å². The van der Waals surface area contributed by atoms with Gasteiger partial charge in [0.15, 0.2) is 0 Å².